The van der Waals surface area contributed by atoms with Crippen molar-refractivity contribution in [2.24, 2.45) is 5.73 Å². The van der Waals surface area contributed by atoms with Gasteiger partial charge >= 0.3 is 0 Å². The van der Waals surface area contributed by atoms with E-state index in [4.69, 9.17) is 22.7 Å². The van der Waals surface area contributed by atoms with Gasteiger partial charge in [0.15, 0.2) is 0 Å². The molecule has 0 saturated carbocycles. The number of anilines is 1. The van der Waals surface area contributed by atoms with Crippen molar-refractivity contribution < 1.29 is 4.74 Å². The van der Waals surface area contributed by atoms with E-state index in [1.54, 1.807) is 0 Å². The van der Waals surface area contributed by atoms with Crippen molar-refractivity contribution in [1.82, 2.24) is 0 Å². The summed E-state index contributed by atoms with van der Waals surface area (Å²) in [5.41, 5.74) is 8.75. The fraction of sp³-hybridized carbons (Fsp3) is 0.500. The lowest BCUT2D eigenvalue weighted by atomic mass is 10.0. The first-order valence-corrected chi connectivity index (χ1v) is 6.69. The van der Waals surface area contributed by atoms with Gasteiger partial charge < -0.3 is 15.8 Å². The average molecular weight is 264 g/mol. The molecule has 0 aliphatic carbocycles. The molecule has 4 heteroatoms. The smallest absolute Gasteiger partial charge is 0.106 e. The molecule has 1 aromatic carbocycles. The minimum absolute atomic E-state index is 0.0711. The summed E-state index contributed by atoms with van der Waals surface area (Å²) in [5.74, 6) is 0. The second kappa shape index (κ2) is 5.24. The molecule has 3 N–H and O–H groups in total. The number of nitrogens with one attached hydrogen (secondary N) is 1. The summed E-state index contributed by atoms with van der Waals surface area (Å²) >= 11 is 5.09. The van der Waals surface area contributed by atoms with Crippen molar-refractivity contribution in [2.45, 2.75) is 32.3 Å². The second-order valence-electron chi connectivity index (χ2n) is 5.17. The predicted octanol–water partition coefficient (Wildman–Crippen LogP) is 2.61. The summed E-state index contributed by atoms with van der Waals surface area (Å²) in [6, 6.07) is 6.10. The fourth-order valence-electron chi connectivity index (χ4n) is 2.27. The van der Waals surface area contributed by atoms with Gasteiger partial charge in [0.25, 0.3) is 0 Å². The van der Waals surface area contributed by atoms with Crippen LogP contribution in [0.15, 0.2) is 18.2 Å². The van der Waals surface area contributed by atoms with Crippen molar-refractivity contribution in [1.29, 1.82) is 0 Å². The molecule has 1 unspecified atom stereocenters. The Morgan fingerprint density at radius 1 is 1.56 bits per heavy atom. The number of hydrogen-bond donors (Lipinski definition) is 2. The number of thiocarbonyl (C=S) groups is 1. The molecule has 0 aromatic heterocycles. The summed E-state index contributed by atoms with van der Waals surface area (Å²) in [5, 5.41) is 3.41. The topological polar surface area (TPSA) is 47.3 Å². The fourth-order valence-corrected chi connectivity index (χ4v) is 2.44. The molecule has 1 aliphatic rings. The molecule has 1 aliphatic heterocycles. The minimum atomic E-state index is -0.0711. The normalized spacial score (nSPS) is 23.0. The summed E-state index contributed by atoms with van der Waals surface area (Å²) in [7, 11) is 0. The maximum absolute atomic E-state index is 5.76. The highest BCUT2D eigenvalue weighted by molar-refractivity contribution is 7.80. The van der Waals surface area contributed by atoms with Gasteiger partial charge in [-0.05, 0) is 38.8 Å². The Hall–Kier alpha value is -1.13. The summed E-state index contributed by atoms with van der Waals surface area (Å²) in [4.78, 5) is 0.429. The van der Waals surface area contributed by atoms with Crippen molar-refractivity contribution in [3.05, 3.63) is 29.3 Å². The number of benzene rings is 1. The molecule has 1 heterocycles. The molecule has 0 amide bonds. The van der Waals surface area contributed by atoms with Crippen LogP contribution in [0.4, 0.5) is 5.69 Å². The van der Waals surface area contributed by atoms with E-state index in [2.05, 4.69) is 18.3 Å². The van der Waals surface area contributed by atoms with Gasteiger partial charge in [-0.1, -0.05) is 23.8 Å². The molecular weight excluding hydrogens is 244 g/mol. The molecule has 0 radical (unpaired) electrons. The highest BCUT2D eigenvalue weighted by atomic mass is 32.1. The monoisotopic (exact) mass is 264 g/mol. The minimum Gasteiger partial charge on any atom is -0.389 e. The molecule has 1 fully saturated rings. The van der Waals surface area contributed by atoms with Gasteiger partial charge in [-0.3, -0.25) is 0 Å². The van der Waals surface area contributed by atoms with E-state index in [1.165, 1.54) is 0 Å². The zero-order chi connectivity index (χ0) is 13.2. The maximum atomic E-state index is 5.76. The lowest BCUT2D eigenvalue weighted by Crippen LogP contribution is -2.33. The van der Waals surface area contributed by atoms with Crippen LogP contribution >= 0.6 is 12.2 Å². The van der Waals surface area contributed by atoms with Gasteiger partial charge in [0.05, 0.1) is 5.60 Å². The number of nitrogens with two attached hydrogens (primary N) is 1. The summed E-state index contributed by atoms with van der Waals surface area (Å²) in [6.45, 7) is 5.81. The van der Waals surface area contributed by atoms with Crippen molar-refractivity contribution >= 4 is 22.9 Å². The zero-order valence-corrected chi connectivity index (χ0v) is 11.8. The van der Waals surface area contributed by atoms with Crippen molar-refractivity contribution in [2.75, 3.05) is 18.5 Å². The summed E-state index contributed by atoms with van der Waals surface area (Å²) < 4.78 is 5.76. The van der Waals surface area contributed by atoms with Gasteiger partial charge in [-0.25, -0.2) is 0 Å². The Balaban J connectivity index is 2.11. The third kappa shape index (κ3) is 3.00. The van der Waals surface area contributed by atoms with Crippen LogP contribution in [0.1, 0.15) is 30.9 Å². The first kappa shape index (κ1) is 13.3. The average Bonchev–Trinajstić information content (AvgIpc) is 2.75. The molecule has 2 rings (SSSR count). The lowest BCUT2D eigenvalue weighted by Gasteiger charge is -2.25. The van der Waals surface area contributed by atoms with Gasteiger partial charge in [0.1, 0.15) is 4.99 Å². The highest BCUT2D eigenvalue weighted by Crippen LogP contribution is 2.26. The molecule has 0 bridgehead atoms. The first-order chi connectivity index (χ1) is 8.50. The Morgan fingerprint density at radius 2 is 2.33 bits per heavy atom. The maximum Gasteiger partial charge on any atom is 0.106 e. The van der Waals surface area contributed by atoms with E-state index in [0.29, 0.717) is 4.99 Å². The van der Waals surface area contributed by atoms with E-state index in [0.717, 1.165) is 42.8 Å². The number of hydrogen-bond acceptors (Lipinski definition) is 3. The van der Waals surface area contributed by atoms with Crippen LogP contribution in [-0.2, 0) is 4.74 Å². The summed E-state index contributed by atoms with van der Waals surface area (Å²) in [6.07, 6.45) is 2.22. The molecule has 18 heavy (non-hydrogen) atoms. The Labute approximate surface area is 114 Å². The van der Waals surface area contributed by atoms with E-state index in [-0.39, 0.29) is 5.60 Å². The highest BCUT2D eigenvalue weighted by Gasteiger charge is 2.29. The van der Waals surface area contributed by atoms with Crippen LogP contribution in [0.2, 0.25) is 0 Å². The van der Waals surface area contributed by atoms with E-state index >= 15 is 0 Å². The molecule has 1 aromatic rings. The number of ether oxygens (including phenoxy) is 1. The third-order valence-electron chi connectivity index (χ3n) is 3.39. The van der Waals surface area contributed by atoms with Crippen LogP contribution in [0.3, 0.4) is 0 Å². The molecular formula is C14H20N2OS. The number of aryl methyl sites for hydroxylation is 1. The predicted molar refractivity (Wildman–Crippen MR) is 79.1 cm³/mol. The van der Waals surface area contributed by atoms with E-state index in [1.807, 2.05) is 19.1 Å². The number of rotatable bonds is 4. The van der Waals surface area contributed by atoms with Crippen LogP contribution in [0, 0.1) is 6.92 Å². The van der Waals surface area contributed by atoms with E-state index < -0.39 is 0 Å². The Morgan fingerprint density at radius 3 is 2.94 bits per heavy atom. The first-order valence-electron chi connectivity index (χ1n) is 6.28. The van der Waals surface area contributed by atoms with Gasteiger partial charge in [-0.2, -0.15) is 0 Å². The van der Waals surface area contributed by atoms with Crippen molar-refractivity contribution in [3.8, 4) is 0 Å². The molecule has 1 saturated heterocycles. The molecule has 0 spiro atoms. The third-order valence-corrected chi connectivity index (χ3v) is 3.61. The molecule has 3 nitrogen and oxygen atoms in total. The van der Waals surface area contributed by atoms with Crippen LogP contribution < -0.4 is 11.1 Å². The lowest BCUT2D eigenvalue weighted by molar-refractivity contribution is 0.0315. The molecule has 98 valence electrons. The van der Waals surface area contributed by atoms with Gasteiger partial charge in [-0.15, -0.1) is 0 Å². The Kier molecular flexibility index (Phi) is 3.88. The van der Waals surface area contributed by atoms with Crippen LogP contribution in [0.5, 0.6) is 0 Å². The zero-order valence-electron chi connectivity index (χ0n) is 11.0. The quantitative estimate of drug-likeness (QED) is 0.821. The second-order valence-corrected chi connectivity index (χ2v) is 5.61. The van der Waals surface area contributed by atoms with E-state index in [9.17, 15) is 0 Å². The van der Waals surface area contributed by atoms with Crippen molar-refractivity contribution in [3.63, 3.8) is 0 Å². The molecule has 1 atom stereocenters. The standard InChI is InChI=1S/C14H20N2OS/c1-10-4-5-12(11(8-10)13(15)18)16-9-14(2)6-3-7-17-14/h4-5,8,16H,3,6-7,9H2,1-2H3,(H2,15,18). The van der Waals surface area contributed by atoms with Crippen LogP contribution in [-0.4, -0.2) is 23.7 Å². The SMILES string of the molecule is Cc1ccc(NCC2(C)CCCO2)c(C(N)=S)c1. The van der Waals surface area contributed by atoms with Crippen LogP contribution in [0.25, 0.3) is 0 Å². The largest absolute Gasteiger partial charge is 0.389 e. The van der Waals surface area contributed by atoms with Gasteiger partial charge in [0, 0.05) is 24.4 Å². The Bertz CT molecular complexity index is 453. The van der Waals surface area contributed by atoms with Gasteiger partial charge in [0.2, 0.25) is 0 Å².